The summed E-state index contributed by atoms with van der Waals surface area (Å²) in [6.45, 7) is 6.78. The second-order valence-corrected chi connectivity index (χ2v) is 7.38. The van der Waals surface area contributed by atoms with Gasteiger partial charge in [0.25, 0.3) is 5.56 Å². The average Bonchev–Trinajstić information content (AvgIpc) is 2.99. The van der Waals surface area contributed by atoms with E-state index in [2.05, 4.69) is 4.98 Å². The van der Waals surface area contributed by atoms with Gasteiger partial charge in [0.05, 0.1) is 18.3 Å². The zero-order valence-electron chi connectivity index (χ0n) is 15.7. The van der Waals surface area contributed by atoms with Gasteiger partial charge in [0, 0.05) is 17.0 Å². The Morgan fingerprint density at radius 2 is 1.93 bits per heavy atom. The molecule has 0 amide bonds. The molecule has 0 saturated carbocycles. The summed E-state index contributed by atoms with van der Waals surface area (Å²) in [5, 5.41) is 0.547. The highest BCUT2D eigenvalue weighted by atomic mass is 32.1. The normalized spacial score (nSPS) is 11.1. The molecule has 0 saturated heterocycles. The molecule has 0 N–H and O–H groups in total. The topological polar surface area (TPSA) is 70.4 Å². The van der Waals surface area contributed by atoms with E-state index in [-0.39, 0.29) is 18.7 Å². The molecule has 2 aromatic heterocycles. The minimum absolute atomic E-state index is 0.170. The first-order valence-electron chi connectivity index (χ1n) is 8.80. The Labute approximate surface area is 161 Å². The predicted octanol–water partition coefficient (Wildman–Crippen LogP) is 3.32. The SMILES string of the molecule is CCOCCOC(=O)Cn1cnc2sc(C)c(-c3ccc(C)cc3)c2c1=O. The van der Waals surface area contributed by atoms with Gasteiger partial charge in [0.2, 0.25) is 0 Å². The van der Waals surface area contributed by atoms with Crippen LogP contribution in [0.15, 0.2) is 35.4 Å². The van der Waals surface area contributed by atoms with Crippen LogP contribution in [-0.2, 0) is 20.8 Å². The molecule has 0 aliphatic heterocycles. The Hall–Kier alpha value is -2.51. The van der Waals surface area contributed by atoms with Crippen molar-refractivity contribution in [2.75, 3.05) is 19.8 Å². The van der Waals surface area contributed by atoms with E-state index in [1.807, 2.05) is 45.0 Å². The number of rotatable bonds is 7. The quantitative estimate of drug-likeness (QED) is 0.460. The zero-order valence-corrected chi connectivity index (χ0v) is 16.5. The number of ether oxygens (including phenoxy) is 2. The molecule has 0 fully saturated rings. The summed E-state index contributed by atoms with van der Waals surface area (Å²) >= 11 is 1.48. The number of thiophene rings is 1. The molecule has 27 heavy (non-hydrogen) atoms. The first-order valence-corrected chi connectivity index (χ1v) is 9.62. The maximum absolute atomic E-state index is 13.0. The Bertz CT molecular complexity index is 1010. The summed E-state index contributed by atoms with van der Waals surface area (Å²) in [6, 6.07) is 8.04. The number of fused-ring (bicyclic) bond motifs is 1. The molecule has 3 aromatic rings. The third-order valence-corrected chi connectivity index (χ3v) is 5.20. The lowest BCUT2D eigenvalue weighted by Gasteiger charge is -2.08. The van der Waals surface area contributed by atoms with Crippen LogP contribution in [0.25, 0.3) is 21.3 Å². The van der Waals surface area contributed by atoms with E-state index in [1.165, 1.54) is 22.2 Å². The van der Waals surface area contributed by atoms with Gasteiger partial charge in [-0.25, -0.2) is 4.98 Å². The van der Waals surface area contributed by atoms with E-state index >= 15 is 0 Å². The Morgan fingerprint density at radius 3 is 2.63 bits per heavy atom. The van der Waals surface area contributed by atoms with E-state index < -0.39 is 5.97 Å². The van der Waals surface area contributed by atoms with Crippen LogP contribution >= 0.6 is 11.3 Å². The molecular weight excluding hydrogens is 364 g/mol. The monoisotopic (exact) mass is 386 g/mol. The van der Waals surface area contributed by atoms with E-state index in [0.717, 1.165) is 21.6 Å². The fourth-order valence-corrected chi connectivity index (χ4v) is 3.86. The molecular formula is C20H22N2O4S. The molecule has 0 bridgehead atoms. The molecule has 0 radical (unpaired) electrons. The minimum Gasteiger partial charge on any atom is -0.462 e. The highest BCUT2D eigenvalue weighted by Crippen LogP contribution is 2.35. The van der Waals surface area contributed by atoms with Gasteiger partial charge in [0.15, 0.2) is 0 Å². The number of aromatic nitrogens is 2. The van der Waals surface area contributed by atoms with Crippen molar-refractivity contribution in [2.45, 2.75) is 27.3 Å². The fraction of sp³-hybridized carbons (Fsp3) is 0.350. The average molecular weight is 386 g/mol. The van der Waals surface area contributed by atoms with E-state index in [4.69, 9.17) is 9.47 Å². The van der Waals surface area contributed by atoms with Gasteiger partial charge in [0.1, 0.15) is 18.0 Å². The number of nitrogens with zero attached hydrogens (tertiary/aromatic N) is 2. The molecule has 142 valence electrons. The lowest BCUT2D eigenvalue weighted by atomic mass is 10.0. The molecule has 0 unspecified atom stereocenters. The van der Waals surface area contributed by atoms with Crippen molar-refractivity contribution in [3.05, 3.63) is 51.4 Å². The summed E-state index contributed by atoms with van der Waals surface area (Å²) in [5.74, 6) is -0.484. The van der Waals surface area contributed by atoms with Crippen LogP contribution in [0, 0.1) is 13.8 Å². The van der Waals surface area contributed by atoms with Crippen LogP contribution in [0.5, 0.6) is 0 Å². The number of carbonyl (C=O) groups excluding carboxylic acids is 1. The maximum atomic E-state index is 13.0. The van der Waals surface area contributed by atoms with Crippen LogP contribution in [0.2, 0.25) is 0 Å². The van der Waals surface area contributed by atoms with Crippen LogP contribution in [-0.4, -0.2) is 35.3 Å². The second kappa shape index (κ2) is 8.45. The van der Waals surface area contributed by atoms with E-state index in [1.54, 1.807) is 0 Å². The summed E-state index contributed by atoms with van der Waals surface area (Å²) in [6.07, 6.45) is 1.41. The van der Waals surface area contributed by atoms with E-state index in [0.29, 0.717) is 23.4 Å². The first kappa shape index (κ1) is 19.3. The molecule has 1 aromatic carbocycles. The highest BCUT2D eigenvalue weighted by molar-refractivity contribution is 7.19. The van der Waals surface area contributed by atoms with Crippen LogP contribution in [0.3, 0.4) is 0 Å². The fourth-order valence-electron chi connectivity index (χ4n) is 2.86. The van der Waals surface area contributed by atoms with Crippen molar-refractivity contribution in [1.82, 2.24) is 9.55 Å². The first-order chi connectivity index (χ1) is 13.0. The molecule has 0 aliphatic carbocycles. The van der Waals surface area contributed by atoms with Gasteiger partial charge in [-0.2, -0.15) is 0 Å². The number of benzene rings is 1. The molecule has 7 heteroatoms. The smallest absolute Gasteiger partial charge is 0.326 e. The summed E-state index contributed by atoms with van der Waals surface area (Å²) < 4.78 is 11.5. The second-order valence-electron chi connectivity index (χ2n) is 6.17. The predicted molar refractivity (Wildman–Crippen MR) is 106 cm³/mol. The van der Waals surface area contributed by atoms with Gasteiger partial charge in [-0.15, -0.1) is 11.3 Å². The molecule has 0 aliphatic rings. The number of aryl methyl sites for hydroxylation is 2. The van der Waals surface area contributed by atoms with Gasteiger partial charge in [-0.1, -0.05) is 29.8 Å². The molecule has 0 spiro atoms. The number of carbonyl (C=O) groups is 1. The standard InChI is InChI=1S/C20H22N2O4S/c1-4-25-9-10-26-16(23)11-22-12-21-19-18(20(22)24)17(14(3)27-19)15-7-5-13(2)6-8-15/h5-8,12H,4,9-11H2,1-3H3. The van der Waals surface area contributed by atoms with E-state index in [9.17, 15) is 9.59 Å². The van der Waals surface area contributed by atoms with Crippen LogP contribution in [0.4, 0.5) is 0 Å². The van der Waals surface area contributed by atoms with Crippen molar-refractivity contribution in [1.29, 1.82) is 0 Å². The highest BCUT2D eigenvalue weighted by Gasteiger charge is 2.18. The summed E-state index contributed by atoms with van der Waals surface area (Å²) in [4.78, 5) is 31.1. The Morgan fingerprint density at radius 1 is 1.19 bits per heavy atom. The third kappa shape index (κ3) is 4.26. The van der Waals surface area contributed by atoms with Gasteiger partial charge in [-0.05, 0) is 26.3 Å². The van der Waals surface area contributed by atoms with Crippen molar-refractivity contribution >= 4 is 27.5 Å². The van der Waals surface area contributed by atoms with Crippen LogP contribution < -0.4 is 5.56 Å². The summed E-state index contributed by atoms with van der Waals surface area (Å²) in [5.41, 5.74) is 2.77. The number of esters is 1. The lowest BCUT2D eigenvalue weighted by molar-refractivity contribution is -0.145. The largest absolute Gasteiger partial charge is 0.462 e. The van der Waals surface area contributed by atoms with Gasteiger partial charge < -0.3 is 9.47 Å². The molecule has 6 nitrogen and oxygen atoms in total. The molecule has 3 rings (SSSR count). The molecule has 2 heterocycles. The Balaban J connectivity index is 1.92. The lowest BCUT2D eigenvalue weighted by Crippen LogP contribution is -2.26. The number of hydrogen-bond acceptors (Lipinski definition) is 6. The van der Waals surface area contributed by atoms with Crippen molar-refractivity contribution in [3.63, 3.8) is 0 Å². The van der Waals surface area contributed by atoms with Crippen molar-refractivity contribution in [2.24, 2.45) is 0 Å². The van der Waals surface area contributed by atoms with Crippen molar-refractivity contribution in [3.8, 4) is 11.1 Å². The maximum Gasteiger partial charge on any atom is 0.326 e. The zero-order chi connectivity index (χ0) is 19.4. The number of hydrogen-bond donors (Lipinski definition) is 0. The Kier molecular flexibility index (Phi) is 6.03. The van der Waals surface area contributed by atoms with Crippen molar-refractivity contribution < 1.29 is 14.3 Å². The molecule has 0 atom stereocenters. The summed E-state index contributed by atoms with van der Waals surface area (Å²) in [7, 11) is 0. The third-order valence-electron chi connectivity index (χ3n) is 4.19. The minimum atomic E-state index is -0.484. The van der Waals surface area contributed by atoms with Crippen LogP contribution in [0.1, 0.15) is 17.4 Å². The van der Waals surface area contributed by atoms with Gasteiger partial charge >= 0.3 is 5.97 Å². The van der Waals surface area contributed by atoms with Gasteiger partial charge in [-0.3, -0.25) is 14.2 Å².